The summed E-state index contributed by atoms with van der Waals surface area (Å²) in [6, 6.07) is -0.761. The molecule has 8 nitrogen and oxygen atoms in total. The highest BCUT2D eigenvalue weighted by atomic mass is 31.2. The Morgan fingerprint density at radius 1 is 0.374 bits per heavy atom. The number of nitrogens with zero attached hydrogens (tertiary/aromatic N) is 1. The van der Waals surface area contributed by atoms with Gasteiger partial charge in [-0.1, -0.05) is 410 Å². The monoisotopic (exact) mass is 1300 g/mol. The Balaban J connectivity index is 3.89. The summed E-state index contributed by atoms with van der Waals surface area (Å²) in [5, 5.41) is 14.2. The Bertz CT molecular complexity index is 1580. The maximum atomic E-state index is 13.1. The summed E-state index contributed by atoms with van der Waals surface area (Å²) in [5.41, 5.74) is 0. The Kier molecular flexibility index (Phi) is 72.0. The predicted molar refractivity (Wildman–Crippen MR) is 401 cm³/mol. The maximum Gasteiger partial charge on any atom is 0.472 e. The third-order valence-electron chi connectivity index (χ3n) is 19.1. The normalized spacial score (nSPS) is 13.6. The van der Waals surface area contributed by atoms with Crippen LogP contribution >= 0.6 is 7.82 Å². The minimum absolute atomic E-state index is 0.0776. The molecular weight excluding hydrogens is 1140 g/mol. The van der Waals surface area contributed by atoms with Crippen molar-refractivity contribution in [3.05, 3.63) is 36.5 Å². The second kappa shape index (κ2) is 73.0. The van der Waals surface area contributed by atoms with Crippen LogP contribution in [0.1, 0.15) is 431 Å². The van der Waals surface area contributed by atoms with E-state index in [4.69, 9.17) is 9.05 Å². The van der Waals surface area contributed by atoms with Gasteiger partial charge in [-0.2, -0.15) is 0 Å². The number of hydrogen-bond donors (Lipinski definition) is 3. The zero-order valence-corrected chi connectivity index (χ0v) is 63.0. The summed E-state index contributed by atoms with van der Waals surface area (Å²) in [6.45, 7) is 4.95. The fourth-order valence-electron chi connectivity index (χ4n) is 12.8. The first-order valence-corrected chi connectivity index (χ1v) is 42.3. The van der Waals surface area contributed by atoms with Gasteiger partial charge in [-0.05, 0) is 51.4 Å². The summed E-state index contributed by atoms with van der Waals surface area (Å²) < 4.78 is 24.0. The lowest BCUT2D eigenvalue weighted by Gasteiger charge is -2.26. The minimum atomic E-state index is -4.33. The average molecular weight is 1300 g/mol. The molecule has 0 rings (SSSR count). The Morgan fingerprint density at radius 2 is 0.626 bits per heavy atom. The molecule has 0 heterocycles. The second-order valence-corrected chi connectivity index (χ2v) is 31.0. The number of aliphatic hydroxyl groups excluding tert-OH is 1. The van der Waals surface area contributed by atoms with Crippen molar-refractivity contribution in [3.63, 3.8) is 0 Å². The van der Waals surface area contributed by atoms with E-state index < -0.39 is 20.0 Å². The fourth-order valence-corrected chi connectivity index (χ4v) is 13.6. The highest BCUT2D eigenvalue weighted by Crippen LogP contribution is 2.43. The lowest BCUT2D eigenvalue weighted by Crippen LogP contribution is -2.46. The van der Waals surface area contributed by atoms with Crippen LogP contribution in [-0.2, 0) is 18.4 Å². The van der Waals surface area contributed by atoms with Crippen LogP contribution in [-0.4, -0.2) is 73.4 Å². The number of aliphatic hydroxyl groups is 1. The van der Waals surface area contributed by atoms with Crippen LogP contribution in [0.3, 0.4) is 0 Å². The fraction of sp³-hybridized carbons (Fsp3) is 0.915. The van der Waals surface area contributed by atoms with Crippen LogP contribution in [0.2, 0.25) is 0 Å². The first-order chi connectivity index (χ1) is 44.5. The van der Waals surface area contributed by atoms with Crippen molar-refractivity contribution in [3.8, 4) is 0 Å². The summed E-state index contributed by atoms with van der Waals surface area (Å²) >= 11 is 0. The minimum Gasteiger partial charge on any atom is -0.391 e. The van der Waals surface area contributed by atoms with Gasteiger partial charge in [0.25, 0.3) is 0 Å². The van der Waals surface area contributed by atoms with Gasteiger partial charge in [0.15, 0.2) is 0 Å². The van der Waals surface area contributed by atoms with E-state index in [9.17, 15) is 19.4 Å². The van der Waals surface area contributed by atoms with Crippen molar-refractivity contribution in [2.75, 3.05) is 40.9 Å². The molecule has 9 heteroatoms. The van der Waals surface area contributed by atoms with Gasteiger partial charge in [-0.25, -0.2) is 4.57 Å². The van der Waals surface area contributed by atoms with Crippen LogP contribution < -0.4 is 5.32 Å². The molecule has 0 radical (unpaired) electrons. The Hall–Kier alpha value is -1.28. The molecule has 0 spiro atoms. The molecule has 0 saturated carbocycles. The Labute approximate surface area is 569 Å². The van der Waals surface area contributed by atoms with Gasteiger partial charge < -0.3 is 19.8 Å². The molecule has 0 bridgehead atoms. The number of amides is 1. The highest BCUT2D eigenvalue weighted by Gasteiger charge is 2.28. The number of hydrogen-bond acceptors (Lipinski definition) is 5. The van der Waals surface area contributed by atoms with E-state index in [1.807, 2.05) is 21.1 Å². The number of allylic oxidation sites excluding steroid dienone is 6. The molecule has 3 unspecified atom stereocenters. The van der Waals surface area contributed by atoms with Gasteiger partial charge >= 0.3 is 7.82 Å². The number of rotatable bonds is 77. The van der Waals surface area contributed by atoms with E-state index >= 15 is 0 Å². The smallest absolute Gasteiger partial charge is 0.391 e. The standard InChI is InChI=1S/C82H161N2O6P/c1-6-8-10-12-14-16-18-20-22-24-26-28-30-32-34-36-38-39-40-41-42-43-44-45-46-48-50-52-54-56-58-60-62-64-66-68-70-72-74-76-82(86)83-80(79-90-91(87,88)89-78-77-84(3,4)5)81(85)75-73-71-69-67-65-63-61-59-57-55-53-51-49-47-37-35-33-31-29-27-25-23-21-19-17-15-13-11-9-7-2/h18,20,24,26,30,32,80-81,85H,6-17,19,21-23,25,27-29,31,33-79H2,1-5H3,(H-,83,86,87,88)/p+1/b20-18-,26-24-,32-30-. The van der Waals surface area contributed by atoms with Crippen molar-refractivity contribution < 1.29 is 32.9 Å². The van der Waals surface area contributed by atoms with E-state index in [1.165, 1.54) is 353 Å². The molecule has 0 aromatic rings. The molecule has 540 valence electrons. The molecule has 3 atom stereocenters. The van der Waals surface area contributed by atoms with E-state index in [-0.39, 0.29) is 19.1 Å². The molecule has 0 aliphatic rings. The van der Waals surface area contributed by atoms with Crippen molar-refractivity contribution in [1.82, 2.24) is 5.32 Å². The maximum absolute atomic E-state index is 13.1. The Morgan fingerprint density at radius 3 is 0.912 bits per heavy atom. The first kappa shape index (κ1) is 89.7. The van der Waals surface area contributed by atoms with Crippen molar-refractivity contribution in [2.45, 2.75) is 443 Å². The van der Waals surface area contributed by atoms with E-state index in [0.29, 0.717) is 23.9 Å². The molecule has 3 N–H and O–H groups in total. The van der Waals surface area contributed by atoms with Crippen LogP contribution in [0.5, 0.6) is 0 Å². The zero-order chi connectivity index (χ0) is 66.2. The van der Waals surface area contributed by atoms with Crippen LogP contribution in [0.15, 0.2) is 36.5 Å². The number of carbonyl (C=O) groups excluding carboxylic acids is 1. The summed E-state index contributed by atoms with van der Waals surface area (Å²) in [7, 11) is 1.64. The molecule has 0 fully saturated rings. The number of carbonyl (C=O) groups is 1. The van der Waals surface area contributed by atoms with Crippen LogP contribution in [0, 0.1) is 0 Å². The van der Waals surface area contributed by atoms with Gasteiger partial charge in [-0.15, -0.1) is 0 Å². The first-order valence-electron chi connectivity index (χ1n) is 40.9. The number of phosphoric acid groups is 1. The average Bonchev–Trinajstić information content (AvgIpc) is 3.58. The van der Waals surface area contributed by atoms with Gasteiger partial charge in [0.2, 0.25) is 5.91 Å². The van der Waals surface area contributed by atoms with E-state index in [2.05, 4.69) is 55.6 Å². The van der Waals surface area contributed by atoms with Crippen molar-refractivity contribution in [1.29, 1.82) is 0 Å². The molecule has 91 heavy (non-hydrogen) atoms. The van der Waals surface area contributed by atoms with Crippen molar-refractivity contribution >= 4 is 13.7 Å². The number of nitrogens with one attached hydrogen (secondary N) is 1. The SMILES string of the molecule is CCCCCCC/C=C\C/C=C\C/C=C\CCCCCCCCCCCCCCCCCCCCCCCCCCC(=O)NC(COP(=O)(O)OCC[N+](C)(C)C)C(O)CCCCCCCCCCCCCCCCCCCCCCCCCCCCCCCC. The van der Waals surface area contributed by atoms with Crippen LogP contribution in [0.4, 0.5) is 0 Å². The van der Waals surface area contributed by atoms with E-state index in [0.717, 1.165) is 51.4 Å². The molecule has 0 aliphatic heterocycles. The van der Waals surface area contributed by atoms with E-state index in [1.54, 1.807) is 0 Å². The summed E-state index contributed by atoms with van der Waals surface area (Å²) in [4.78, 5) is 23.5. The number of phosphoric ester groups is 1. The molecular formula is C82H162N2O6P+. The molecule has 1 amide bonds. The second-order valence-electron chi connectivity index (χ2n) is 29.5. The molecule has 0 aromatic carbocycles. The molecule has 0 saturated heterocycles. The van der Waals surface area contributed by atoms with Crippen LogP contribution in [0.25, 0.3) is 0 Å². The molecule has 0 aliphatic carbocycles. The third-order valence-corrected chi connectivity index (χ3v) is 20.1. The highest BCUT2D eigenvalue weighted by molar-refractivity contribution is 7.47. The number of unbranched alkanes of at least 4 members (excludes halogenated alkanes) is 58. The largest absolute Gasteiger partial charge is 0.472 e. The summed E-state index contributed by atoms with van der Waals surface area (Å²) in [5.74, 6) is -0.134. The zero-order valence-electron chi connectivity index (χ0n) is 62.1. The van der Waals surface area contributed by atoms with Gasteiger partial charge in [0, 0.05) is 6.42 Å². The predicted octanol–water partition coefficient (Wildman–Crippen LogP) is 26.7. The lowest BCUT2D eigenvalue weighted by atomic mass is 10.0. The number of quaternary nitrogens is 1. The summed E-state index contributed by atoms with van der Waals surface area (Å²) in [6.07, 6.45) is 98.7. The van der Waals surface area contributed by atoms with Gasteiger partial charge in [0.1, 0.15) is 13.2 Å². The third kappa shape index (κ3) is 76.0. The quantitative estimate of drug-likeness (QED) is 0.0243. The topological polar surface area (TPSA) is 105 Å². The lowest BCUT2D eigenvalue weighted by molar-refractivity contribution is -0.870. The number of likely N-dealkylation sites (N-methyl/N-ethyl adjacent to an activating group) is 1. The van der Waals surface area contributed by atoms with Crippen molar-refractivity contribution in [2.24, 2.45) is 0 Å². The molecule has 0 aromatic heterocycles. The van der Waals surface area contributed by atoms with Gasteiger partial charge in [-0.3, -0.25) is 13.8 Å². The van der Waals surface area contributed by atoms with Gasteiger partial charge in [0.05, 0.1) is 39.9 Å².